The highest BCUT2D eigenvalue weighted by atomic mass is 16.1. The van der Waals surface area contributed by atoms with Crippen LogP contribution in [0.4, 0.5) is 0 Å². The summed E-state index contributed by atoms with van der Waals surface area (Å²) in [5.74, 6) is 0.108. The minimum Gasteiger partial charge on any atom is -0.359 e. The second kappa shape index (κ2) is 6.59. The van der Waals surface area contributed by atoms with E-state index in [9.17, 15) is 4.79 Å². The van der Waals surface area contributed by atoms with E-state index in [2.05, 4.69) is 54.3 Å². The van der Waals surface area contributed by atoms with Crippen LogP contribution in [-0.2, 0) is 17.9 Å². The molecular weight excluding hydrogens is 226 g/mol. The van der Waals surface area contributed by atoms with Crippen LogP contribution in [0, 0.1) is 0 Å². The molecule has 102 valence electrons. The molecule has 4 heteroatoms. The van der Waals surface area contributed by atoms with Crippen molar-refractivity contribution in [2.24, 2.45) is 0 Å². The van der Waals surface area contributed by atoms with Gasteiger partial charge in [-0.25, -0.2) is 0 Å². The molecule has 0 atom stereocenters. The molecule has 0 bridgehead atoms. The van der Waals surface area contributed by atoms with Gasteiger partial charge in [-0.05, 0) is 39.3 Å². The van der Waals surface area contributed by atoms with Gasteiger partial charge in [0.25, 0.3) is 0 Å². The highest BCUT2D eigenvalue weighted by Gasteiger charge is 2.10. The van der Waals surface area contributed by atoms with Gasteiger partial charge in [-0.3, -0.25) is 4.79 Å². The normalized spacial score (nSPS) is 11.6. The Morgan fingerprint density at radius 3 is 2.72 bits per heavy atom. The van der Waals surface area contributed by atoms with E-state index in [1.54, 1.807) is 7.05 Å². The van der Waals surface area contributed by atoms with Gasteiger partial charge >= 0.3 is 0 Å². The third-order valence-corrected chi connectivity index (χ3v) is 2.81. The molecule has 1 heterocycles. The summed E-state index contributed by atoms with van der Waals surface area (Å²) in [5.41, 5.74) is 1.39. The van der Waals surface area contributed by atoms with Crippen molar-refractivity contribution < 1.29 is 4.79 Å². The molecule has 0 radical (unpaired) electrons. The molecule has 0 aliphatic carbocycles. The molecule has 0 aliphatic rings. The summed E-state index contributed by atoms with van der Waals surface area (Å²) >= 11 is 0. The lowest BCUT2D eigenvalue weighted by Crippen LogP contribution is -2.35. The smallest absolute Gasteiger partial charge is 0.219 e. The lowest BCUT2D eigenvalue weighted by molar-refractivity contribution is -0.120. The molecule has 1 amide bonds. The lowest BCUT2D eigenvalue weighted by atomic mass is 10.1. The van der Waals surface area contributed by atoms with E-state index >= 15 is 0 Å². The van der Waals surface area contributed by atoms with Crippen LogP contribution in [0.15, 0.2) is 18.3 Å². The number of nitrogens with zero attached hydrogens (tertiary/aromatic N) is 1. The summed E-state index contributed by atoms with van der Waals surface area (Å²) < 4.78 is 2.21. The van der Waals surface area contributed by atoms with Crippen LogP contribution in [0.2, 0.25) is 0 Å². The zero-order chi connectivity index (χ0) is 13.6. The van der Waals surface area contributed by atoms with E-state index in [1.807, 2.05) is 0 Å². The SMILES string of the molecule is CNC(=O)CCCn1cccc1CNC(C)(C)C. The van der Waals surface area contributed by atoms with Crippen LogP contribution < -0.4 is 10.6 Å². The summed E-state index contributed by atoms with van der Waals surface area (Å²) in [6.07, 6.45) is 3.53. The first-order chi connectivity index (χ1) is 8.42. The maximum absolute atomic E-state index is 11.1. The predicted octanol–water partition coefficient (Wildman–Crippen LogP) is 1.90. The third kappa shape index (κ3) is 5.36. The molecule has 0 saturated heterocycles. The van der Waals surface area contributed by atoms with Crippen molar-refractivity contribution >= 4 is 5.91 Å². The van der Waals surface area contributed by atoms with E-state index in [1.165, 1.54) is 5.69 Å². The molecular formula is C14H25N3O. The highest BCUT2D eigenvalue weighted by molar-refractivity contribution is 5.75. The molecule has 1 aromatic rings. The Morgan fingerprint density at radius 1 is 1.39 bits per heavy atom. The largest absolute Gasteiger partial charge is 0.359 e. The monoisotopic (exact) mass is 251 g/mol. The van der Waals surface area contributed by atoms with E-state index < -0.39 is 0 Å². The zero-order valence-corrected chi connectivity index (χ0v) is 11.9. The number of carbonyl (C=O) groups excluding carboxylic acids is 1. The molecule has 0 fully saturated rings. The average Bonchev–Trinajstić information content (AvgIpc) is 2.73. The maximum Gasteiger partial charge on any atom is 0.219 e. The number of amides is 1. The number of aromatic nitrogens is 1. The molecule has 2 N–H and O–H groups in total. The summed E-state index contributed by atoms with van der Waals surface area (Å²) in [5, 5.41) is 6.12. The van der Waals surface area contributed by atoms with Gasteiger partial charge in [-0.2, -0.15) is 0 Å². The number of aryl methyl sites for hydroxylation is 1. The molecule has 18 heavy (non-hydrogen) atoms. The molecule has 4 nitrogen and oxygen atoms in total. The lowest BCUT2D eigenvalue weighted by Gasteiger charge is -2.21. The van der Waals surface area contributed by atoms with E-state index in [0.717, 1.165) is 19.5 Å². The predicted molar refractivity (Wildman–Crippen MR) is 74.3 cm³/mol. The molecule has 1 aromatic heterocycles. The Morgan fingerprint density at radius 2 is 2.11 bits per heavy atom. The minimum atomic E-state index is 0.108. The number of hydrogen-bond donors (Lipinski definition) is 2. The maximum atomic E-state index is 11.1. The van der Waals surface area contributed by atoms with Gasteiger partial charge in [0, 0.05) is 44.0 Å². The van der Waals surface area contributed by atoms with Gasteiger partial charge < -0.3 is 15.2 Å². The topological polar surface area (TPSA) is 46.1 Å². The average molecular weight is 251 g/mol. The van der Waals surface area contributed by atoms with Crippen molar-refractivity contribution in [1.82, 2.24) is 15.2 Å². The molecule has 0 aromatic carbocycles. The fourth-order valence-electron chi connectivity index (χ4n) is 1.72. The summed E-state index contributed by atoms with van der Waals surface area (Å²) in [7, 11) is 1.68. The summed E-state index contributed by atoms with van der Waals surface area (Å²) in [6.45, 7) is 8.22. The van der Waals surface area contributed by atoms with Crippen LogP contribution in [0.3, 0.4) is 0 Å². The van der Waals surface area contributed by atoms with Gasteiger partial charge in [-0.15, -0.1) is 0 Å². The summed E-state index contributed by atoms with van der Waals surface area (Å²) in [6, 6.07) is 4.18. The molecule has 0 unspecified atom stereocenters. The van der Waals surface area contributed by atoms with Gasteiger partial charge in [0.15, 0.2) is 0 Å². The van der Waals surface area contributed by atoms with Crippen LogP contribution in [0.1, 0.15) is 39.3 Å². The van der Waals surface area contributed by atoms with Gasteiger partial charge in [0.05, 0.1) is 0 Å². The van der Waals surface area contributed by atoms with Crippen LogP contribution >= 0.6 is 0 Å². The first-order valence-corrected chi connectivity index (χ1v) is 6.52. The van der Waals surface area contributed by atoms with Crippen LogP contribution in [0.25, 0.3) is 0 Å². The van der Waals surface area contributed by atoms with Crippen molar-refractivity contribution in [3.8, 4) is 0 Å². The van der Waals surface area contributed by atoms with Crippen molar-refractivity contribution in [1.29, 1.82) is 0 Å². The van der Waals surface area contributed by atoms with Crippen LogP contribution in [0.5, 0.6) is 0 Å². The van der Waals surface area contributed by atoms with Gasteiger partial charge in [0.2, 0.25) is 5.91 Å². The Balaban J connectivity index is 2.42. The van der Waals surface area contributed by atoms with Crippen molar-refractivity contribution in [2.45, 2.75) is 52.2 Å². The van der Waals surface area contributed by atoms with Gasteiger partial charge in [0.1, 0.15) is 0 Å². The number of rotatable bonds is 6. The van der Waals surface area contributed by atoms with E-state index in [4.69, 9.17) is 0 Å². The second-order valence-corrected chi connectivity index (χ2v) is 5.57. The molecule has 0 saturated carbocycles. The number of hydrogen-bond acceptors (Lipinski definition) is 2. The van der Waals surface area contributed by atoms with E-state index in [-0.39, 0.29) is 11.4 Å². The first kappa shape index (κ1) is 14.8. The Labute approximate surface area is 110 Å². The quantitative estimate of drug-likeness (QED) is 0.811. The number of carbonyl (C=O) groups is 1. The van der Waals surface area contributed by atoms with Crippen molar-refractivity contribution in [2.75, 3.05) is 7.05 Å². The second-order valence-electron chi connectivity index (χ2n) is 5.57. The van der Waals surface area contributed by atoms with Crippen molar-refractivity contribution in [3.63, 3.8) is 0 Å². The van der Waals surface area contributed by atoms with E-state index in [0.29, 0.717) is 6.42 Å². The highest BCUT2D eigenvalue weighted by Crippen LogP contribution is 2.07. The standard InChI is InChI=1S/C14H25N3O/c1-14(2,3)16-11-12-7-5-9-17(12)10-6-8-13(18)15-4/h5,7,9,16H,6,8,10-11H2,1-4H3,(H,15,18). The van der Waals surface area contributed by atoms with Crippen molar-refractivity contribution in [3.05, 3.63) is 24.0 Å². The molecule has 1 rings (SSSR count). The number of nitrogens with one attached hydrogen (secondary N) is 2. The molecule has 0 spiro atoms. The minimum absolute atomic E-state index is 0.108. The van der Waals surface area contributed by atoms with Gasteiger partial charge in [-0.1, -0.05) is 0 Å². The first-order valence-electron chi connectivity index (χ1n) is 6.52. The Bertz CT molecular complexity index is 377. The fraction of sp³-hybridized carbons (Fsp3) is 0.643. The summed E-state index contributed by atoms with van der Waals surface area (Å²) in [4.78, 5) is 11.1. The zero-order valence-electron chi connectivity index (χ0n) is 11.9. The Hall–Kier alpha value is -1.29. The Kier molecular flexibility index (Phi) is 5.41. The fourth-order valence-corrected chi connectivity index (χ4v) is 1.72. The third-order valence-electron chi connectivity index (χ3n) is 2.81. The molecule has 0 aliphatic heterocycles. The van der Waals surface area contributed by atoms with Crippen LogP contribution in [-0.4, -0.2) is 23.1 Å².